The van der Waals surface area contributed by atoms with Crippen LogP contribution in [0.2, 0.25) is 0 Å². The van der Waals surface area contributed by atoms with Crippen LogP contribution in [-0.4, -0.2) is 68.4 Å². The topological polar surface area (TPSA) is 79.3 Å². The lowest BCUT2D eigenvalue weighted by molar-refractivity contribution is 0.0693. The summed E-state index contributed by atoms with van der Waals surface area (Å²) >= 11 is 0. The highest BCUT2D eigenvalue weighted by molar-refractivity contribution is 5.96. The minimum atomic E-state index is -1.00. The molecule has 1 N–H and O–H groups in total. The first-order chi connectivity index (χ1) is 13.6. The van der Waals surface area contributed by atoms with Crippen LogP contribution < -0.4 is 9.64 Å². The summed E-state index contributed by atoms with van der Waals surface area (Å²) in [5.74, 6) is -0.274. The first kappa shape index (κ1) is 19.7. The first-order valence-corrected chi connectivity index (χ1v) is 9.18. The number of para-hydroxylation sites is 2. The molecule has 1 saturated heterocycles. The van der Waals surface area contributed by atoms with E-state index >= 15 is 0 Å². The summed E-state index contributed by atoms with van der Waals surface area (Å²) in [5.41, 5.74) is 1.68. The summed E-state index contributed by atoms with van der Waals surface area (Å²) in [6.45, 7) is 3.58. The van der Waals surface area contributed by atoms with Gasteiger partial charge in [0.05, 0.1) is 17.9 Å². The van der Waals surface area contributed by atoms with Gasteiger partial charge < -0.3 is 24.4 Å². The van der Waals surface area contributed by atoms with Gasteiger partial charge in [0.15, 0.2) is 0 Å². The van der Waals surface area contributed by atoms with Crippen molar-refractivity contribution in [1.82, 2.24) is 4.90 Å². The largest absolute Gasteiger partial charge is 0.489 e. The zero-order valence-electron chi connectivity index (χ0n) is 15.8. The molecule has 28 heavy (non-hydrogen) atoms. The lowest BCUT2D eigenvalue weighted by atomic mass is 10.1. The van der Waals surface area contributed by atoms with Crippen LogP contribution in [0.25, 0.3) is 0 Å². The minimum Gasteiger partial charge on any atom is -0.489 e. The Morgan fingerprint density at radius 2 is 1.57 bits per heavy atom. The molecular weight excluding hydrogens is 360 g/mol. The molecule has 1 amide bonds. The highest BCUT2D eigenvalue weighted by Gasteiger charge is 2.24. The lowest BCUT2D eigenvalue weighted by Gasteiger charge is -2.36. The van der Waals surface area contributed by atoms with Crippen molar-refractivity contribution in [1.29, 1.82) is 0 Å². The lowest BCUT2D eigenvalue weighted by Crippen LogP contribution is -2.48. The zero-order valence-corrected chi connectivity index (χ0v) is 15.8. The van der Waals surface area contributed by atoms with Gasteiger partial charge in [-0.2, -0.15) is 0 Å². The van der Waals surface area contributed by atoms with E-state index in [1.165, 1.54) is 12.1 Å². The number of aromatic carboxylic acids is 1. The maximum atomic E-state index is 12.7. The molecule has 1 fully saturated rings. The molecule has 0 unspecified atom stereocenters. The van der Waals surface area contributed by atoms with Crippen molar-refractivity contribution in [3.8, 4) is 5.75 Å². The number of rotatable bonds is 7. The number of hydrogen-bond donors (Lipinski definition) is 1. The Hall–Kier alpha value is -3.06. The molecule has 0 bridgehead atoms. The first-order valence-electron chi connectivity index (χ1n) is 9.18. The smallest absolute Gasteiger partial charge is 0.335 e. The Morgan fingerprint density at radius 3 is 2.21 bits per heavy atom. The van der Waals surface area contributed by atoms with Gasteiger partial charge in [0.25, 0.3) is 5.91 Å². The van der Waals surface area contributed by atoms with E-state index in [2.05, 4.69) is 4.90 Å². The monoisotopic (exact) mass is 384 g/mol. The van der Waals surface area contributed by atoms with Crippen LogP contribution >= 0.6 is 0 Å². The second-order valence-electron chi connectivity index (χ2n) is 6.47. The molecule has 1 aliphatic rings. The SMILES string of the molecule is COCCOc1ccccc1N1CCN(C(=O)c2ccc(C(=O)O)cc2)CC1. The average molecular weight is 384 g/mol. The number of piperazine rings is 1. The summed E-state index contributed by atoms with van der Waals surface area (Å²) < 4.78 is 10.8. The summed E-state index contributed by atoms with van der Waals surface area (Å²) in [7, 11) is 1.64. The molecule has 1 aliphatic heterocycles. The number of benzene rings is 2. The maximum Gasteiger partial charge on any atom is 0.335 e. The summed E-state index contributed by atoms with van der Waals surface area (Å²) in [4.78, 5) is 27.6. The van der Waals surface area contributed by atoms with E-state index in [1.807, 2.05) is 24.3 Å². The fourth-order valence-corrected chi connectivity index (χ4v) is 3.16. The number of carboxylic acid groups (broad SMARTS) is 1. The third kappa shape index (κ3) is 4.61. The molecule has 0 aromatic heterocycles. The molecule has 1 heterocycles. The summed E-state index contributed by atoms with van der Waals surface area (Å²) in [6.07, 6.45) is 0. The number of carbonyl (C=O) groups is 2. The quantitative estimate of drug-likeness (QED) is 0.739. The van der Waals surface area contributed by atoms with Crippen molar-refractivity contribution in [3.63, 3.8) is 0 Å². The fraction of sp³-hybridized carbons (Fsp3) is 0.333. The molecule has 148 valence electrons. The summed E-state index contributed by atoms with van der Waals surface area (Å²) in [6, 6.07) is 13.9. The molecule has 0 radical (unpaired) electrons. The average Bonchev–Trinajstić information content (AvgIpc) is 2.74. The number of hydrogen-bond acceptors (Lipinski definition) is 5. The molecule has 7 heteroatoms. The standard InChI is InChI=1S/C21H24N2O5/c1-27-14-15-28-19-5-3-2-4-18(19)22-10-12-23(13-11-22)20(24)16-6-8-17(9-7-16)21(25)26/h2-9H,10-15H2,1H3,(H,25,26). The van der Waals surface area contributed by atoms with Gasteiger partial charge >= 0.3 is 5.97 Å². The van der Waals surface area contributed by atoms with Crippen LogP contribution in [0.1, 0.15) is 20.7 Å². The predicted octanol–water partition coefficient (Wildman–Crippen LogP) is 2.37. The molecule has 2 aromatic carbocycles. The van der Waals surface area contributed by atoms with Crippen LogP contribution in [0.5, 0.6) is 5.75 Å². The molecule has 0 aliphatic carbocycles. The van der Waals surface area contributed by atoms with Crippen LogP contribution in [-0.2, 0) is 4.74 Å². The number of carbonyl (C=O) groups excluding carboxylic acids is 1. The van der Waals surface area contributed by atoms with Crippen molar-refractivity contribution >= 4 is 17.6 Å². The van der Waals surface area contributed by atoms with Gasteiger partial charge in [-0.05, 0) is 36.4 Å². The van der Waals surface area contributed by atoms with Gasteiger partial charge in [0, 0.05) is 38.9 Å². The van der Waals surface area contributed by atoms with E-state index < -0.39 is 5.97 Å². The second kappa shape index (κ2) is 9.23. The molecule has 7 nitrogen and oxygen atoms in total. The Kier molecular flexibility index (Phi) is 6.49. The van der Waals surface area contributed by atoms with Gasteiger partial charge in [-0.25, -0.2) is 4.79 Å². The Labute approximate surface area is 164 Å². The van der Waals surface area contributed by atoms with Crippen molar-refractivity contribution in [2.75, 3.05) is 51.4 Å². The Bertz CT molecular complexity index is 814. The molecule has 2 aromatic rings. The van der Waals surface area contributed by atoms with E-state index in [0.717, 1.165) is 11.4 Å². The predicted molar refractivity (Wildman–Crippen MR) is 105 cm³/mol. The van der Waals surface area contributed by atoms with Crippen molar-refractivity contribution < 1.29 is 24.2 Å². The Balaban J connectivity index is 1.61. The highest BCUT2D eigenvalue weighted by Crippen LogP contribution is 2.29. The van der Waals surface area contributed by atoms with Crippen molar-refractivity contribution in [2.24, 2.45) is 0 Å². The fourth-order valence-electron chi connectivity index (χ4n) is 3.16. The van der Waals surface area contributed by atoms with Gasteiger partial charge in [-0.1, -0.05) is 12.1 Å². The number of carboxylic acids is 1. The normalized spacial score (nSPS) is 14.0. The third-order valence-electron chi connectivity index (χ3n) is 4.70. The highest BCUT2D eigenvalue weighted by atomic mass is 16.5. The van der Waals surface area contributed by atoms with Crippen LogP contribution in [0.15, 0.2) is 48.5 Å². The van der Waals surface area contributed by atoms with Gasteiger partial charge in [0.2, 0.25) is 0 Å². The van der Waals surface area contributed by atoms with Gasteiger partial charge in [0.1, 0.15) is 12.4 Å². The van der Waals surface area contributed by atoms with Gasteiger partial charge in [-0.15, -0.1) is 0 Å². The van der Waals surface area contributed by atoms with Gasteiger partial charge in [-0.3, -0.25) is 4.79 Å². The number of nitrogens with zero attached hydrogens (tertiary/aromatic N) is 2. The minimum absolute atomic E-state index is 0.0822. The second-order valence-corrected chi connectivity index (χ2v) is 6.47. The third-order valence-corrected chi connectivity index (χ3v) is 4.70. The number of methoxy groups -OCH3 is 1. The van der Waals surface area contributed by atoms with Crippen molar-refractivity contribution in [2.45, 2.75) is 0 Å². The molecule has 0 spiro atoms. The summed E-state index contributed by atoms with van der Waals surface area (Å²) in [5, 5.41) is 8.97. The van der Waals surface area contributed by atoms with E-state index in [1.54, 1.807) is 24.1 Å². The maximum absolute atomic E-state index is 12.7. The van der Waals surface area contributed by atoms with Crippen LogP contribution in [0.4, 0.5) is 5.69 Å². The molecule has 0 atom stereocenters. The van der Waals surface area contributed by atoms with E-state index in [-0.39, 0.29) is 11.5 Å². The van der Waals surface area contributed by atoms with Crippen LogP contribution in [0.3, 0.4) is 0 Å². The van der Waals surface area contributed by atoms with Crippen LogP contribution in [0, 0.1) is 0 Å². The van der Waals surface area contributed by atoms with E-state index in [4.69, 9.17) is 14.6 Å². The Morgan fingerprint density at radius 1 is 0.929 bits per heavy atom. The van der Waals surface area contributed by atoms with E-state index in [0.29, 0.717) is 45.0 Å². The molecular formula is C21H24N2O5. The molecule has 0 saturated carbocycles. The van der Waals surface area contributed by atoms with E-state index in [9.17, 15) is 9.59 Å². The molecule has 3 rings (SSSR count). The number of ether oxygens (including phenoxy) is 2. The van der Waals surface area contributed by atoms with Crippen molar-refractivity contribution in [3.05, 3.63) is 59.7 Å². The number of anilines is 1. The number of amides is 1. The zero-order chi connectivity index (χ0) is 19.9.